The summed E-state index contributed by atoms with van der Waals surface area (Å²) in [7, 11) is 2.17. The van der Waals surface area contributed by atoms with E-state index in [0.717, 1.165) is 48.3 Å². The van der Waals surface area contributed by atoms with Crippen LogP contribution in [0.2, 0.25) is 0 Å². The van der Waals surface area contributed by atoms with E-state index in [0.29, 0.717) is 5.69 Å². The van der Waals surface area contributed by atoms with Crippen molar-refractivity contribution >= 4 is 16.7 Å². The second-order valence-corrected chi connectivity index (χ2v) is 6.32. The van der Waals surface area contributed by atoms with E-state index >= 15 is 0 Å². The maximum absolute atomic E-state index is 9.29. The van der Waals surface area contributed by atoms with Gasteiger partial charge in [-0.2, -0.15) is 0 Å². The number of anilines is 1. The molecule has 124 valence electrons. The van der Waals surface area contributed by atoms with Crippen LogP contribution in [0.15, 0.2) is 47.2 Å². The number of aliphatic hydroxyl groups is 1. The molecule has 24 heavy (non-hydrogen) atoms. The zero-order valence-corrected chi connectivity index (χ0v) is 13.8. The molecule has 5 nitrogen and oxygen atoms in total. The van der Waals surface area contributed by atoms with Gasteiger partial charge in [0.15, 0.2) is 5.58 Å². The molecular formula is C19H21N3O2. The average Bonchev–Trinajstić information content (AvgIpc) is 3.05. The minimum absolute atomic E-state index is 0.0666. The number of rotatable bonds is 3. The Balaban J connectivity index is 1.63. The second-order valence-electron chi connectivity index (χ2n) is 6.32. The molecule has 1 aromatic carbocycles. The van der Waals surface area contributed by atoms with E-state index < -0.39 is 0 Å². The SMILES string of the molecule is CN1CCN(c2ccc(-c3coc4cnc(CO)cc34)cc2)CC1. The fraction of sp³-hybridized carbons (Fsp3) is 0.316. The van der Waals surface area contributed by atoms with Crippen molar-refractivity contribution in [2.75, 3.05) is 38.1 Å². The molecule has 4 rings (SSSR count). The van der Waals surface area contributed by atoms with Crippen molar-refractivity contribution in [2.24, 2.45) is 0 Å². The van der Waals surface area contributed by atoms with Gasteiger partial charge in [0.05, 0.1) is 24.8 Å². The molecule has 0 unspecified atom stereocenters. The van der Waals surface area contributed by atoms with Crippen LogP contribution in [0.3, 0.4) is 0 Å². The minimum Gasteiger partial charge on any atom is -0.462 e. The van der Waals surface area contributed by atoms with Crippen LogP contribution in [0.5, 0.6) is 0 Å². The van der Waals surface area contributed by atoms with Crippen molar-refractivity contribution in [3.05, 3.63) is 48.5 Å². The van der Waals surface area contributed by atoms with Gasteiger partial charge < -0.3 is 19.3 Å². The van der Waals surface area contributed by atoms with Crippen molar-refractivity contribution in [1.82, 2.24) is 9.88 Å². The highest BCUT2D eigenvalue weighted by Crippen LogP contribution is 2.32. The van der Waals surface area contributed by atoms with E-state index in [9.17, 15) is 5.11 Å². The van der Waals surface area contributed by atoms with Gasteiger partial charge in [0.25, 0.3) is 0 Å². The quantitative estimate of drug-likeness (QED) is 0.803. The number of benzene rings is 1. The van der Waals surface area contributed by atoms with Crippen molar-refractivity contribution in [3.8, 4) is 11.1 Å². The smallest absolute Gasteiger partial charge is 0.152 e. The molecule has 0 bridgehead atoms. The van der Waals surface area contributed by atoms with Gasteiger partial charge in [-0.1, -0.05) is 12.1 Å². The van der Waals surface area contributed by atoms with Gasteiger partial charge >= 0.3 is 0 Å². The Morgan fingerprint density at radius 1 is 1.12 bits per heavy atom. The summed E-state index contributed by atoms with van der Waals surface area (Å²) in [5, 5.41) is 10.3. The van der Waals surface area contributed by atoms with Gasteiger partial charge in [0.2, 0.25) is 0 Å². The first kappa shape index (κ1) is 15.2. The van der Waals surface area contributed by atoms with Crippen molar-refractivity contribution < 1.29 is 9.52 Å². The largest absolute Gasteiger partial charge is 0.462 e. The second kappa shape index (κ2) is 6.26. The Morgan fingerprint density at radius 2 is 1.88 bits per heavy atom. The zero-order chi connectivity index (χ0) is 16.5. The predicted octanol–water partition coefficient (Wildman–Crippen LogP) is 2.74. The van der Waals surface area contributed by atoms with E-state index in [1.54, 1.807) is 12.5 Å². The highest BCUT2D eigenvalue weighted by Gasteiger charge is 2.15. The number of piperazine rings is 1. The molecule has 0 atom stereocenters. The number of pyridine rings is 1. The van der Waals surface area contributed by atoms with E-state index in [2.05, 4.69) is 46.1 Å². The molecule has 0 saturated carbocycles. The summed E-state index contributed by atoms with van der Waals surface area (Å²) in [6, 6.07) is 10.5. The van der Waals surface area contributed by atoms with E-state index in [4.69, 9.17) is 4.42 Å². The predicted molar refractivity (Wildman–Crippen MR) is 95.1 cm³/mol. The fourth-order valence-electron chi connectivity index (χ4n) is 3.20. The van der Waals surface area contributed by atoms with Gasteiger partial charge in [-0.15, -0.1) is 0 Å². The number of fused-ring (bicyclic) bond motifs is 1. The van der Waals surface area contributed by atoms with Crippen LogP contribution in [0, 0.1) is 0 Å². The number of hydrogen-bond acceptors (Lipinski definition) is 5. The van der Waals surface area contributed by atoms with Gasteiger partial charge in [0, 0.05) is 42.8 Å². The molecule has 0 aliphatic carbocycles. The third-order valence-electron chi connectivity index (χ3n) is 4.73. The van der Waals surface area contributed by atoms with E-state index in [1.165, 1.54) is 5.69 Å². The third-order valence-corrected chi connectivity index (χ3v) is 4.73. The minimum atomic E-state index is -0.0666. The first-order valence-electron chi connectivity index (χ1n) is 8.25. The van der Waals surface area contributed by atoms with E-state index in [-0.39, 0.29) is 6.61 Å². The van der Waals surface area contributed by atoms with Gasteiger partial charge in [0.1, 0.15) is 0 Å². The highest BCUT2D eigenvalue weighted by atomic mass is 16.3. The molecule has 0 amide bonds. The molecule has 1 aliphatic rings. The molecule has 3 aromatic rings. The summed E-state index contributed by atoms with van der Waals surface area (Å²) in [5.41, 5.74) is 4.80. The first-order valence-corrected chi connectivity index (χ1v) is 8.25. The van der Waals surface area contributed by atoms with Gasteiger partial charge in [-0.25, -0.2) is 0 Å². The molecule has 1 saturated heterocycles. The van der Waals surface area contributed by atoms with Crippen LogP contribution >= 0.6 is 0 Å². The molecule has 1 fully saturated rings. The number of hydrogen-bond donors (Lipinski definition) is 1. The normalized spacial score (nSPS) is 16.0. The average molecular weight is 323 g/mol. The molecule has 1 N–H and O–H groups in total. The fourth-order valence-corrected chi connectivity index (χ4v) is 3.20. The Hall–Kier alpha value is -2.37. The number of likely N-dealkylation sites (N-methyl/N-ethyl adjacent to an activating group) is 1. The molecule has 5 heteroatoms. The molecule has 1 aliphatic heterocycles. The number of aliphatic hydroxyl groups excluding tert-OH is 1. The third kappa shape index (κ3) is 2.77. The van der Waals surface area contributed by atoms with Gasteiger partial charge in [-0.3, -0.25) is 4.98 Å². The van der Waals surface area contributed by atoms with Crippen LogP contribution in [0.4, 0.5) is 5.69 Å². The molecule has 0 spiro atoms. The van der Waals surface area contributed by atoms with E-state index in [1.807, 2.05) is 6.07 Å². The summed E-state index contributed by atoms with van der Waals surface area (Å²) in [6.45, 7) is 4.27. The Bertz CT molecular complexity index is 833. The Kier molecular flexibility index (Phi) is 3.96. The summed E-state index contributed by atoms with van der Waals surface area (Å²) in [6.07, 6.45) is 3.43. The summed E-state index contributed by atoms with van der Waals surface area (Å²) >= 11 is 0. The molecule has 3 heterocycles. The monoisotopic (exact) mass is 323 g/mol. The summed E-state index contributed by atoms with van der Waals surface area (Å²) < 4.78 is 5.60. The van der Waals surface area contributed by atoms with Crippen LogP contribution in [-0.4, -0.2) is 48.2 Å². The van der Waals surface area contributed by atoms with Crippen molar-refractivity contribution in [1.29, 1.82) is 0 Å². The lowest BCUT2D eigenvalue weighted by molar-refractivity contribution is 0.277. The standard InChI is InChI=1S/C19H21N3O2/c1-21-6-8-22(9-7-21)16-4-2-14(3-5-16)18-13-24-19-11-20-15(12-23)10-17(18)19/h2-5,10-11,13,23H,6-9,12H2,1H3. The highest BCUT2D eigenvalue weighted by molar-refractivity contribution is 5.93. The Morgan fingerprint density at radius 3 is 2.58 bits per heavy atom. The molecule has 0 radical (unpaired) electrons. The maximum Gasteiger partial charge on any atom is 0.152 e. The van der Waals surface area contributed by atoms with Crippen LogP contribution < -0.4 is 4.90 Å². The summed E-state index contributed by atoms with van der Waals surface area (Å²) in [5.74, 6) is 0. The van der Waals surface area contributed by atoms with Crippen molar-refractivity contribution in [2.45, 2.75) is 6.61 Å². The number of aromatic nitrogens is 1. The lowest BCUT2D eigenvalue weighted by Crippen LogP contribution is -2.44. The molecular weight excluding hydrogens is 302 g/mol. The lowest BCUT2D eigenvalue weighted by atomic mass is 10.0. The maximum atomic E-state index is 9.29. The number of nitrogens with zero attached hydrogens (tertiary/aromatic N) is 3. The van der Waals surface area contributed by atoms with Crippen molar-refractivity contribution in [3.63, 3.8) is 0 Å². The number of furan rings is 1. The summed E-state index contributed by atoms with van der Waals surface area (Å²) in [4.78, 5) is 8.94. The topological polar surface area (TPSA) is 52.7 Å². The van der Waals surface area contributed by atoms with Crippen LogP contribution in [0.25, 0.3) is 22.1 Å². The Labute approximate surface area is 141 Å². The van der Waals surface area contributed by atoms with Crippen LogP contribution in [-0.2, 0) is 6.61 Å². The zero-order valence-electron chi connectivity index (χ0n) is 13.8. The lowest BCUT2D eigenvalue weighted by Gasteiger charge is -2.34. The van der Waals surface area contributed by atoms with Gasteiger partial charge in [-0.05, 0) is 30.8 Å². The first-order chi connectivity index (χ1) is 11.7. The van der Waals surface area contributed by atoms with Crippen LogP contribution in [0.1, 0.15) is 5.69 Å². The molecule has 2 aromatic heterocycles.